The summed E-state index contributed by atoms with van der Waals surface area (Å²) in [5.41, 5.74) is 1.26. The summed E-state index contributed by atoms with van der Waals surface area (Å²) in [5, 5.41) is 2.77. The van der Waals surface area contributed by atoms with Gasteiger partial charge in [-0.2, -0.15) is 0 Å². The number of para-hydroxylation sites is 2. The van der Waals surface area contributed by atoms with Gasteiger partial charge in [-0.05, 0) is 25.1 Å². The van der Waals surface area contributed by atoms with Crippen LogP contribution in [0.1, 0.15) is 12.5 Å². The molecule has 1 N–H and O–H groups in total. The van der Waals surface area contributed by atoms with Crippen LogP contribution in [0.25, 0.3) is 0 Å². The third kappa shape index (κ3) is 4.73. The molecule has 1 amide bonds. The average Bonchev–Trinajstić information content (AvgIpc) is 2.59. The molecule has 0 spiro atoms. The normalized spacial score (nSPS) is 12.3. The van der Waals surface area contributed by atoms with Gasteiger partial charge in [0.2, 0.25) is 15.9 Å². The fraction of sp³-hybridized carbons (Fsp3) is 0.278. The van der Waals surface area contributed by atoms with Crippen LogP contribution in [0.4, 0.5) is 5.69 Å². The van der Waals surface area contributed by atoms with Crippen LogP contribution >= 0.6 is 0 Å². The molecule has 0 saturated heterocycles. The van der Waals surface area contributed by atoms with Crippen LogP contribution in [0.2, 0.25) is 0 Å². The average molecular weight is 362 g/mol. The third-order valence-electron chi connectivity index (χ3n) is 3.74. The van der Waals surface area contributed by atoms with Crippen molar-refractivity contribution in [1.82, 2.24) is 5.32 Å². The fourth-order valence-electron chi connectivity index (χ4n) is 2.56. The second kappa shape index (κ2) is 8.02. The molecule has 2 aromatic rings. The number of amides is 1. The van der Waals surface area contributed by atoms with Crippen molar-refractivity contribution in [2.24, 2.45) is 0 Å². The zero-order valence-electron chi connectivity index (χ0n) is 14.5. The molecule has 7 heteroatoms. The molecular weight excluding hydrogens is 340 g/mol. The van der Waals surface area contributed by atoms with Crippen LogP contribution in [0.5, 0.6) is 5.75 Å². The molecule has 0 aliphatic rings. The quantitative estimate of drug-likeness (QED) is 0.819. The maximum absolute atomic E-state index is 12.5. The fourth-order valence-corrected chi connectivity index (χ4v) is 3.74. The third-order valence-corrected chi connectivity index (χ3v) is 4.99. The molecule has 0 aliphatic carbocycles. The Hall–Kier alpha value is -2.54. The molecule has 0 radical (unpaired) electrons. The predicted molar refractivity (Wildman–Crippen MR) is 98.1 cm³/mol. The zero-order chi connectivity index (χ0) is 18.4. The number of anilines is 1. The Labute approximate surface area is 148 Å². The van der Waals surface area contributed by atoms with Crippen LogP contribution < -0.4 is 14.4 Å². The van der Waals surface area contributed by atoms with Gasteiger partial charge in [0.15, 0.2) is 0 Å². The number of carbonyl (C=O) groups excluding carboxylic acids is 1. The van der Waals surface area contributed by atoms with E-state index in [1.54, 1.807) is 50.4 Å². The number of nitrogens with one attached hydrogen (secondary N) is 1. The predicted octanol–water partition coefficient (Wildman–Crippen LogP) is 2.17. The van der Waals surface area contributed by atoms with E-state index < -0.39 is 16.1 Å². The molecule has 0 heterocycles. The molecule has 2 aromatic carbocycles. The van der Waals surface area contributed by atoms with Gasteiger partial charge in [0, 0.05) is 12.1 Å². The largest absolute Gasteiger partial charge is 0.496 e. The Morgan fingerprint density at radius 1 is 1.12 bits per heavy atom. The molecule has 2 rings (SSSR count). The minimum atomic E-state index is -3.61. The zero-order valence-corrected chi connectivity index (χ0v) is 15.3. The lowest BCUT2D eigenvalue weighted by molar-refractivity contribution is -0.122. The molecule has 1 atom stereocenters. The highest BCUT2D eigenvalue weighted by Crippen LogP contribution is 2.21. The van der Waals surface area contributed by atoms with E-state index in [4.69, 9.17) is 4.74 Å². The Balaban J connectivity index is 2.16. The molecule has 134 valence electrons. The van der Waals surface area contributed by atoms with E-state index in [0.29, 0.717) is 11.4 Å². The first-order valence-electron chi connectivity index (χ1n) is 7.78. The molecular formula is C18H22N2O4S. The Kier molecular flexibility index (Phi) is 6.03. The highest BCUT2D eigenvalue weighted by Gasteiger charge is 2.28. The lowest BCUT2D eigenvalue weighted by Crippen LogP contribution is -2.47. The van der Waals surface area contributed by atoms with E-state index in [0.717, 1.165) is 16.1 Å². The van der Waals surface area contributed by atoms with Gasteiger partial charge in [-0.3, -0.25) is 9.10 Å². The van der Waals surface area contributed by atoms with Gasteiger partial charge >= 0.3 is 0 Å². The monoisotopic (exact) mass is 362 g/mol. The van der Waals surface area contributed by atoms with Crippen molar-refractivity contribution in [2.45, 2.75) is 19.5 Å². The van der Waals surface area contributed by atoms with Crippen molar-refractivity contribution in [3.8, 4) is 5.75 Å². The van der Waals surface area contributed by atoms with Gasteiger partial charge in [-0.1, -0.05) is 36.4 Å². The lowest BCUT2D eigenvalue weighted by Gasteiger charge is -2.28. The number of ether oxygens (including phenoxy) is 1. The first-order valence-corrected chi connectivity index (χ1v) is 9.63. The number of methoxy groups -OCH3 is 1. The molecule has 0 bridgehead atoms. The SMILES string of the molecule is COc1ccccc1CNC(=O)[C@@H](C)N(c1ccccc1)S(C)(=O)=O. The Morgan fingerprint density at radius 3 is 2.32 bits per heavy atom. The van der Waals surface area contributed by atoms with Crippen LogP contribution in [0, 0.1) is 0 Å². The van der Waals surface area contributed by atoms with Gasteiger partial charge in [-0.15, -0.1) is 0 Å². The molecule has 0 aliphatic heterocycles. The van der Waals surface area contributed by atoms with E-state index in [1.165, 1.54) is 0 Å². The topological polar surface area (TPSA) is 75.7 Å². The van der Waals surface area contributed by atoms with Gasteiger partial charge in [-0.25, -0.2) is 8.42 Å². The van der Waals surface area contributed by atoms with Crippen LogP contribution in [0.15, 0.2) is 54.6 Å². The van der Waals surface area contributed by atoms with Crippen LogP contribution in [0.3, 0.4) is 0 Å². The minimum absolute atomic E-state index is 0.250. The number of benzene rings is 2. The molecule has 25 heavy (non-hydrogen) atoms. The van der Waals surface area contributed by atoms with Crippen molar-refractivity contribution < 1.29 is 17.9 Å². The summed E-state index contributed by atoms with van der Waals surface area (Å²) in [6, 6.07) is 15.0. The number of carbonyl (C=O) groups is 1. The summed E-state index contributed by atoms with van der Waals surface area (Å²) in [5.74, 6) is 0.277. The molecule has 0 aromatic heterocycles. The van der Waals surface area contributed by atoms with Gasteiger partial charge in [0.05, 0.1) is 19.1 Å². The van der Waals surface area contributed by atoms with Crippen LogP contribution in [-0.2, 0) is 21.4 Å². The van der Waals surface area contributed by atoms with Crippen molar-refractivity contribution >= 4 is 21.6 Å². The molecule has 0 fully saturated rings. The molecule has 0 unspecified atom stereocenters. The van der Waals surface area contributed by atoms with Crippen molar-refractivity contribution in [1.29, 1.82) is 0 Å². The maximum Gasteiger partial charge on any atom is 0.243 e. The Morgan fingerprint density at radius 2 is 1.72 bits per heavy atom. The number of rotatable bonds is 7. The number of sulfonamides is 1. The standard InChI is InChI=1S/C18H22N2O4S/c1-14(20(25(3,22)23)16-10-5-4-6-11-16)18(21)19-13-15-9-7-8-12-17(15)24-2/h4-12,14H,13H2,1-3H3,(H,19,21)/t14-/m1/s1. The van der Waals surface area contributed by atoms with E-state index in [9.17, 15) is 13.2 Å². The lowest BCUT2D eigenvalue weighted by atomic mass is 10.2. The number of hydrogen-bond donors (Lipinski definition) is 1. The van der Waals surface area contributed by atoms with E-state index >= 15 is 0 Å². The number of hydrogen-bond acceptors (Lipinski definition) is 4. The minimum Gasteiger partial charge on any atom is -0.496 e. The second-order valence-electron chi connectivity index (χ2n) is 5.60. The van der Waals surface area contributed by atoms with Crippen molar-refractivity contribution in [3.63, 3.8) is 0 Å². The molecule has 6 nitrogen and oxygen atoms in total. The number of nitrogens with zero attached hydrogens (tertiary/aromatic N) is 1. The highest BCUT2D eigenvalue weighted by atomic mass is 32.2. The van der Waals surface area contributed by atoms with Gasteiger partial charge in [0.25, 0.3) is 0 Å². The summed E-state index contributed by atoms with van der Waals surface area (Å²) in [6.45, 7) is 1.81. The van der Waals surface area contributed by atoms with E-state index in [1.807, 2.05) is 18.2 Å². The van der Waals surface area contributed by atoms with Gasteiger partial charge in [0.1, 0.15) is 11.8 Å². The van der Waals surface area contributed by atoms with Crippen LogP contribution in [-0.4, -0.2) is 33.7 Å². The second-order valence-corrected chi connectivity index (χ2v) is 7.46. The van der Waals surface area contributed by atoms with Crippen molar-refractivity contribution in [3.05, 3.63) is 60.2 Å². The van der Waals surface area contributed by atoms with E-state index in [2.05, 4.69) is 5.32 Å². The van der Waals surface area contributed by atoms with E-state index in [-0.39, 0.29) is 12.5 Å². The Bertz CT molecular complexity index is 822. The smallest absolute Gasteiger partial charge is 0.243 e. The molecule has 0 saturated carbocycles. The van der Waals surface area contributed by atoms with Crippen molar-refractivity contribution in [2.75, 3.05) is 17.7 Å². The highest BCUT2D eigenvalue weighted by molar-refractivity contribution is 7.92. The van der Waals surface area contributed by atoms with Gasteiger partial charge < -0.3 is 10.1 Å². The first kappa shape index (κ1) is 18.8. The first-order chi connectivity index (χ1) is 11.8. The summed E-state index contributed by atoms with van der Waals surface area (Å²) in [6.07, 6.45) is 1.09. The summed E-state index contributed by atoms with van der Waals surface area (Å²) in [7, 11) is -2.05. The summed E-state index contributed by atoms with van der Waals surface area (Å²) < 4.78 is 30.7. The summed E-state index contributed by atoms with van der Waals surface area (Å²) in [4.78, 5) is 12.5. The summed E-state index contributed by atoms with van der Waals surface area (Å²) >= 11 is 0. The maximum atomic E-state index is 12.5.